The molecular formula is C14H10Cl2N2S. The molecule has 3 rings (SSSR count). The van der Waals surface area contributed by atoms with E-state index in [1.54, 1.807) is 17.4 Å². The van der Waals surface area contributed by atoms with Crippen molar-refractivity contribution in [1.82, 2.24) is 10.9 Å². The quantitative estimate of drug-likeness (QED) is 0.851. The van der Waals surface area contributed by atoms with E-state index >= 15 is 0 Å². The van der Waals surface area contributed by atoms with Crippen LogP contribution in [0.3, 0.4) is 0 Å². The maximum absolute atomic E-state index is 6.20. The number of thiophene rings is 1. The van der Waals surface area contributed by atoms with Crippen LogP contribution in [0.1, 0.15) is 10.4 Å². The third-order valence-corrected chi connectivity index (χ3v) is 4.50. The summed E-state index contributed by atoms with van der Waals surface area (Å²) in [5.41, 5.74) is 9.13. The number of hydrogen-bond acceptors (Lipinski definition) is 3. The van der Waals surface area contributed by atoms with Crippen molar-refractivity contribution >= 4 is 45.9 Å². The molecule has 2 aromatic rings. The van der Waals surface area contributed by atoms with E-state index in [9.17, 15) is 0 Å². The van der Waals surface area contributed by atoms with E-state index in [1.807, 2.05) is 35.7 Å². The lowest BCUT2D eigenvalue weighted by Gasteiger charge is -2.20. The predicted octanol–water partition coefficient (Wildman–Crippen LogP) is 4.54. The van der Waals surface area contributed by atoms with E-state index < -0.39 is 0 Å². The van der Waals surface area contributed by atoms with Crippen molar-refractivity contribution in [2.75, 3.05) is 0 Å². The molecule has 5 heteroatoms. The molecular weight excluding hydrogens is 299 g/mol. The van der Waals surface area contributed by atoms with Gasteiger partial charge in [-0.3, -0.25) is 5.43 Å². The molecule has 0 bridgehead atoms. The summed E-state index contributed by atoms with van der Waals surface area (Å²) in [6, 6.07) is 9.67. The van der Waals surface area contributed by atoms with E-state index in [0.717, 1.165) is 17.0 Å². The Hall–Kier alpha value is -1.42. The molecule has 0 spiro atoms. The van der Waals surface area contributed by atoms with Crippen LogP contribution in [0.25, 0.3) is 11.4 Å². The van der Waals surface area contributed by atoms with Crippen LogP contribution in [0.4, 0.5) is 0 Å². The maximum Gasteiger partial charge on any atom is 0.0712 e. The number of hydrazine groups is 1. The van der Waals surface area contributed by atoms with Gasteiger partial charge in [-0.25, -0.2) is 0 Å². The highest BCUT2D eigenvalue weighted by Gasteiger charge is 2.12. The molecule has 0 saturated carbocycles. The van der Waals surface area contributed by atoms with E-state index in [0.29, 0.717) is 10.0 Å². The first-order chi connectivity index (χ1) is 9.25. The van der Waals surface area contributed by atoms with Crippen molar-refractivity contribution in [2.24, 2.45) is 0 Å². The Kier molecular flexibility index (Phi) is 3.51. The molecule has 0 amide bonds. The van der Waals surface area contributed by atoms with Gasteiger partial charge in [-0.2, -0.15) is 0 Å². The number of halogens is 2. The average molecular weight is 309 g/mol. The van der Waals surface area contributed by atoms with E-state index in [4.69, 9.17) is 23.2 Å². The minimum atomic E-state index is 0.551. The first-order valence-electron chi connectivity index (χ1n) is 5.68. The van der Waals surface area contributed by atoms with E-state index in [-0.39, 0.29) is 0 Å². The molecule has 0 saturated heterocycles. The van der Waals surface area contributed by atoms with Gasteiger partial charge in [-0.05, 0) is 29.7 Å². The molecule has 0 fully saturated rings. The van der Waals surface area contributed by atoms with Gasteiger partial charge in [-0.1, -0.05) is 41.4 Å². The van der Waals surface area contributed by atoms with Crippen molar-refractivity contribution in [3.8, 4) is 0 Å². The van der Waals surface area contributed by atoms with Crippen LogP contribution in [0.5, 0.6) is 0 Å². The molecule has 1 aliphatic heterocycles. The zero-order valence-electron chi connectivity index (χ0n) is 9.78. The lowest BCUT2D eigenvalue weighted by atomic mass is 10.1. The maximum atomic E-state index is 6.20. The average Bonchev–Trinajstić information content (AvgIpc) is 2.96. The normalized spacial score (nSPS) is 14.2. The molecule has 1 aliphatic rings. The number of allylic oxidation sites excluding steroid dienone is 2. The van der Waals surface area contributed by atoms with Crippen molar-refractivity contribution in [1.29, 1.82) is 0 Å². The van der Waals surface area contributed by atoms with Crippen molar-refractivity contribution in [3.05, 3.63) is 68.3 Å². The summed E-state index contributed by atoms with van der Waals surface area (Å²) in [6.45, 7) is 0. The van der Waals surface area contributed by atoms with Gasteiger partial charge in [0, 0.05) is 5.56 Å². The van der Waals surface area contributed by atoms with Crippen LogP contribution in [0, 0.1) is 0 Å². The van der Waals surface area contributed by atoms with Crippen LogP contribution in [-0.2, 0) is 0 Å². The highest BCUT2D eigenvalue weighted by molar-refractivity contribution is 7.11. The summed E-state index contributed by atoms with van der Waals surface area (Å²) in [4.78, 5) is 1.18. The molecule has 0 aliphatic carbocycles. The Bertz CT molecular complexity index is 660. The van der Waals surface area contributed by atoms with Gasteiger partial charge in [-0.15, -0.1) is 11.3 Å². The minimum Gasteiger partial charge on any atom is -0.300 e. The van der Waals surface area contributed by atoms with Crippen molar-refractivity contribution in [2.45, 2.75) is 0 Å². The second-order valence-electron chi connectivity index (χ2n) is 3.99. The molecule has 2 nitrogen and oxygen atoms in total. The Morgan fingerprint density at radius 2 is 1.68 bits per heavy atom. The summed E-state index contributed by atoms with van der Waals surface area (Å²) in [5.74, 6) is 0. The van der Waals surface area contributed by atoms with E-state index in [1.165, 1.54) is 4.88 Å². The summed E-state index contributed by atoms with van der Waals surface area (Å²) in [7, 11) is 0. The smallest absolute Gasteiger partial charge is 0.0712 e. The van der Waals surface area contributed by atoms with Gasteiger partial charge in [0.2, 0.25) is 0 Å². The van der Waals surface area contributed by atoms with Gasteiger partial charge >= 0.3 is 0 Å². The Morgan fingerprint density at radius 1 is 0.895 bits per heavy atom. The zero-order valence-corrected chi connectivity index (χ0v) is 12.1. The Balaban J connectivity index is 1.94. The van der Waals surface area contributed by atoms with Crippen LogP contribution in [-0.4, -0.2) is 0 Å². The number of rotatable bonds is 2. The third kappa shape index (κ3) is 2.50. The van der Waals surface area contributed by atoms with E-state index in [2.05, 4.69) is 16.9 Å². The molecule has 96 valence electrons. The first-order valence-corrected chi connectivity index (χ1v) is 7.31. The summed E-state index contributed by atoms with van der Waals surface area (Å²) >= 11 is 13.9. The summed E-state index contributed by atoms with van der Waals surface area (Å²) in [6.07, 6.45) is 4.01. The fourth-order valence-electron chi connectivity index (χ4n) is 1.83. The molecule has 2 N–H and O–H groups in total. The Morgan fingerprint density at radius 3 is 2.37 bits per heavy atom. The van der Waals surface area contributed by atoms with Crippen LogP contribution in [0.15, 0.2) is 47.9 Å². The third-order valence-electron chi connectivity index (χ3n) is 2.78. The zero-order chi connectivity index (χ0) is 13.2. The van der Waals surface area contributed by atoms with Crippen molar-refractivity contribution in [3.63, 3.8) is 0 Å². The fraction of sp³-hybridized carbons (Fsp3) is 0. The molecule has 1 aromatic heterocycles. The topological polar surface area (TPSA) is 24.1 Å². The molecule has 0 radical (unpaired) electrons. The summed E-state index contributed by atoms with van der Waals surface area (Å²) in [5, 5.41) is 3.15. The van der Waals surface area contributed by atoms with Gasteiger partial charge < -0.3 is 5.43 Å². The standard InChI is InChI=1S/C14H10Cl2N2S/c15-10-4-1-3-9(14(10)16)11-6-7-12(18-17-11)13-5-2-8-19-13/h1-8,17-18H. The van der Waals surface area contributed by atoms with Gasteiger partial charge in [0.15, 0.2) is 0 Å². The number of benzene rings is 1. The highest BCUT2D eigenvalue weighted by Crippen LogP contribution is 2.30. The minimum absolute atomic E-state index is 0.551. The Labute approximate surface area is 125 Å². The van der Waals surface area contributed by atoms with Gasteiger partial charge in [0.1, 0.15) is 0 Å². The monoisotopic (exact) mass is 308 g/mol. The van der Waals surface area contributed by atoms with Crippen LogP contribution >= 0.6 is 34.5 Å². The summed E-state index contributed by atoms with van der Waals surface area (Å²) < 4.78 is 0. The fourth-order valence-corrected chi connectivity index (χ4v) is 2.94. The SMILES string of the molecule is Clc1cccc(C2=CC=C(c3cccs3)NN2)c1Cl. The highest BCUT2D eigenvalue weighted by atomic mass is 35.5. The number of hydrogen-bond donors (Lipinski definition) is 2. The number of nitrogens with one attached hydrogen (secondary N) is 2. The van der Waals surface area contributed by atoms with Crippen molar-refractivity contribution < 1.29 is 0 Å². The molecule has 0 unspecified atom stereocenters. The van der Waals surface area contributed by atoms with Gasteiger partial charge in [0.05, 0.1) is 26.3 Å². The lowest BCUT2D eigenvalue weighted by Crippen LogP contribution is -2.30. The van der Waals surface area contributed by atoms with Gasteiger partial charge in [0.25, 0.3) is 0 Å². The van der Waals surface area contributed by atoms with Crippen LogP contribution < -0.4 is 10.9 Å². The molecule has 1 aromatic carbocycles. The first kappa shape index (κ1) is 12.6. The molecule has 0 atom stereocenters. The lowest BCUT2D eigenvalue weighted by molar-refractivity contribution is 0.810. The second kappa shape index (κ2) is 5.29. The van der Waals surface area contributed by atoms with Crippen LogP contribution in [0.2, 0.25) is 10.0 Å². The molecule has 2 heterocycles. The largest absolute Gasteiger partial charge is 0.300 e. The predicted molar refractivity (Wildman–Crippen MR) is 83.0 cm³/mol. The second-order valence-corrected chi connectivity index (χ2v) is 5.72. The molecule has 19 heavy (non-hydrogen) atoms.